The van der Waals surface area contributed by atoms with Gasteiger partial charge in [-0.05, 0) is 88.7 Å². The summed E-state index contributed by atoms with van der Waals surface area (Å²) in [6.07, 6.45) is 5.94. The first kappa shape index (κ1) is 27.7. The van der Waals surface area contributed by atoms with Crippen molar-refractivity contribution < 1.29 is 13.9 Å². The lowest BCUT2D eigenvalue weighted by Gasteiger charge is -2.21. The van der Waals surface area contributed by atoms with Crippen LogP contribution in [0.2, 0.25) is 0 Å². The number of fused-ring (bicyclic) bond motifs is 1. The number of carbonyl (C=O) groups excluding carboxylic acids is 1. The van der Waals surface area contributed by atoms with Crippen LogP contribution in [0.4, 0.5) is 0 Å². The molecule has 0 N–H and O–H groups in total. The van der Waals surface area contributed by atoms with Crippen LogP contribution < -0.4 is 4.74 Å². The Morgan fingerprint density at radius 1 is 0.816 bits per heavy atom. The van der Waals surface area contributed by atoms with Gasteiger partial charge in [0.15, 0.2) is 5.78 Å². The summed E-state index contributed by atoms with van der Waals surface area (Å²) in [6, 6.07) is 21.6. The van der Waals surface area contributed by atoms with Gasteiger partial charge in [-0.3, -0.25) is 4.79 Å². The minimum atomic E-state index is -0.0434. The molecule has 4 heteroatoms. The van der Waals surface area contributed by atoms with Gasteiger partial charge in [-0.1, -0.05) is 62.1 Å². The molecule has 38 heavy (non-hydrogen) atoms. The average Bonchev–Trinajstić information content (AvgIpc) is 3.31. The highest BCUT2D eigenvalue weighted by atomic mass is 16.5. The van der Waals surface area contributed by atoms with Crippen LogP contribution in [0.5, 0.6) is 5.75 Å². The zero-order chi connectivity index (χ0) is 26.9. The van der Waals surface area contributed by atoms with Gasteiger partial charge < -0.3 is 14.1 Å². The average molecular weight is 512 g/mol. The molecule has 0 aliphatic carbocycles. The van der Waals surface area contributed by atoms with Gasteiger partial charge in [0, 0.05) is 23.1 Å². The maximum absolute atomic E-state index is 13.8. The van der Waals surface area contributed by atoms with Crippen LogP contribution in [0.25, 0.3) is 22.3 Å². The highest BCUT2D eigenvalue weighted by molar-refractivity contribution is 6.19. The molecule has 0 aliphatic rings. The smallest absolute Gasteiger partial charge is 0.197 e. The van der Waals surface area contributed by atoms with Crippen molar-refractivity contribution in [3.63, 3.8) is 0 Å². The van der Waals surface area contributed by atoms with Crippen LogP contribution in [0.1, 0.15) is 73.0 Å². The summed E-state index contributed by atoms with van der Waals surface area (Å²) in [7, 11) is 0. The number of furan rings is 1. The number of rotatable bonds is 14. The van der Waals surface area contributed by atoms with Crippen molar-refractivity contribution in [1.82, 2.24) is 4.90 Å². The number of nitrogens with zero attached hydrogens (tertiary/aromatic N) is 1. The molecule has 0 atom stereocenters. The van der Waals surface area contributed by atoms with Gasteiger partial charge in [0.05, 0.1) is 12.2 Å². The Labute approximate surface area is 227 Å². The minimum absolute atomic E-state index is 0.0434. The summed E-state index contributed by atoms with van der Waals surface area (Å²) in [5.74, 6) is 1.37. The first-order chi connectivity index (χ1) is 18.5. The Kier molecular flexibility index (Phi) is 9.78. The van der Waals surface area contributed by atoms with Crippen molar-refractivity contribution in [3.8, 4) is 17.1 Å². The molecule has 1 aromatic heterocycles. The van der Waals surface area contributed by atoms with Crippen molar-refractivity contribution in [2.75, 3.05) is 26.2 Å². The first-order valence-corrected chi connectivity index (χ1v) is 14.1. The lowest BCUT2D eigenvalue weighted by atomic mass is 9.96. The molecule has 0 radical (unpaired) electrons. The quantitative estimate of drug-likeness (QED) is 0.126. The van der Waals surface area contributed by atoms with Crippen molar-refractivity contribution >= 4 is 16.8 Å². The minimum Gasteiger partial charge on any atom is -0.494 e. The third-order valence-electron chi connectivity index (χ3n) is 6.97. The van der Waals surface area contributed by atoms with E-state index in [4.69, 9.17) is 9.15 Å². The van der Waals surface area contributed by atoms with E-state index in [0.717, 1.165) is 46.4 Å². The summed E-state index contributed by atoms with van der Waals surface area (Å²) in [4.78, 5) is 16.4. The second-order valence-electron chi connectivity index (χ2n) is 10.3. The van der Waals surface area contributed by atoms with Crippen molar-refractivity contribution in [1.29, 1.82) is 0 Å². The number of benzene rings is 3. The van der Waals surface area contributed by atoms with Gasteiger partial charge in [0.25, 0.3) is 0 Å². The van der Waals surface area contributed by atoms with E-state index in [0.29, 0.717) is 23.5 Å². The molecule has 4 nitrogen and oxygen atoms in total. The maximum atomic E-state index is 13.8. The molecular weight excluding hydrogens is 470 g/mol. The molecule has 0 bridgehead atoms. The molecule has 0 spiro atoms. The SMILES string of the molecule is CCCCN(CCCC)CCCOc1ccc(C(=O)c2c(-c3cc(C)cc(C)c3)oc3ccccc23)cc1. The Bertz CT molecular complexity index is 1310. The predicted molar refractivity (Wildman–Crippen MR) is 157 cm³/mol. The molecule has 4 rings (SSSR count). The maximum Gasteiger partial charge on any atom is 0.197 e. The summed E-state index contributed by atoms with van der Waals surface area (Å²) < 4.78 is 12.3. The third-order valence-corrected chi connectivity index (χ3v) is 6.97. The molecule has 200 valence electrons. The summed E-state index contributed by atoms with van der Waals surface area (Å²) in [5.41, 5.74) is 5.16. The molecule has 0 fully saturated rings. The van der Waals surface area contributed by atoms with Crippen LogP contribution in [-0.4, -0.2) is 36.9 Å². The molecule has 0 saturated carbocycles. The number of para-hydroxylation sites is 1. The molecule has 1 heterocycles. The fraction of sp³-hybridized carbons (Fsp3) is 0.382. The van der Waals surface area contributed by atoms with Crippen molar-refractivity contribution in [2.45, 2.75) is 59.8 Å². The molecule has 0 unspecified atom stereocenters. The number of aryl methyl sites for hydroxylation is 2. The lowest BCUT2D eigenvalue weighted by molar-refractivity contribution is 0.104. The van der Waals surface area contributed by atoms with E-state index < -0.39 is 0 Å². The van der Waals surface area contributed by atoms with Crippen LogP contribution in [0, 0.1) is 13.8 Å². The van der Waals surface area contributed by atoms with Crippen LogP contribution in [0.15, 0.2) is 71.1 Å². The first-order valence-electron chi connectivity index (χ1n) is 14.1. The zero-order valence-corrected chi connectivity index (χ0v) is 23.4. The molecule has 3 aromatic carbocycles. The van der Waals surface area contributed by atoms with Crippen LogP contribution in [-0.2, 0) is 0 Å². The number of carbonyl (C=O) groups is 1. The third kappa shape index (κ3) is 6.93. The van der Waals surface area contributed by atoms with Crippen LogP contribution in [0.3, 0.4) is 0 Å². The van der Waals surface area contributed by atoms with E-state index in [1.807, 2.05) is 48.5 Å². The number of ether oxygens (including phenoxy) is 1. The fourth-order valence-electron chi connectivity index (χ4n) is 5.00. The van der Waals surface area contributed by atoms with Gasteiger partial charge in [-0.15, -0.1) is 0 Å². The van der Waals surface area contributed by atoms with E-state index in [1.54, 1.807) is 0 Å². The molecule has 0 amide bonds. The summed E-state index contributed by atoms with van der Waals surface area (Å²) >= 11 is 0. The Morgan fingerprint density at radius 2 is 1.45 bits per heavy atom. The second-order valence-corrected chi connectivity index (χ2v) is 10.3. The zero-order valence-electron chi connectivity index (χ0n) is 23.4. The van der Waals surface area contributed by atoms with Gasteiger partial charge in [-0.2, -0.15) is 0 Å². The van der Waals surface area contributed by atoms with E-state index in [9.17, 15) is 4.79 Å². The van der Waals surface area contributed by atoms with E-state index in [1.165, 1.54) is 38.8 Å². The summed E-state index contributed by atoms with van der Waals surface area (Å²) in [5, 5.41) is 0.836. The number of hydrogen-bond donors (Lipinski definition) is 0. The van der Waals surface area contributed by atoms with E-state index in [-0.39, 0.29) is 5.78 Å². The fourth-order valence-corrected chi connectivity index (χ4v) is 5.00. The van der Waals surface area contributed by atoms with Gasteiger partial charge in [-0.25, -0.2) is 0 Å². The molecular formula is C34H41NO3. The number of hydrogen-bond acceptors (Lipinski definition) is 4. The summed E-state index contributed by atoms with van der Waals surface area (Å²) in [6.45, 7) is 12.7. The Morgan fingerprint density at radius 3 is 2.11 bits per heavy atom. The second kappa shape index (κ2) is 13.4. The topological polar surface area (TPSA) is 42.7 Å². The Balaban J connectivity index is 1.46. The number of unbranched alkanes of at least 4 members (excludes halogenated alkanes) is 2. The monoisotopic (exact) mass is 511 g/mol. The van der Waals surface area contributed by atoms with E-state index in [2.05, 4.69) is 50.8 Å². The highest BCUT2D eigenvalue weighted by Crippen LogP contribution is 2.36. The molecule has 0 aliphatic heterocycles. The predicted octanol–water partition coefficient (Wildman–Crippen LogP) is 8.62. The molecule has 0 saturated heterocycles. The highest BCUT2D eigenvalue weighted by Gasteiger charge is 2.23. The Hall–Kier alpha value is -3.37. The van der Waals surface area contributed by atoms with Crippen molar-refractivity contribution in [2.24, 2.45) is 0 Å². The number of ketones is 1. The van der Waals surface area contributed by atoms with E-state index >= 15 is 0 Å². The van der Waals surface area contributed by atoms with Crippen molar-refractivity contribution in [3.05, 3.63) is 89.0 Å². The van der Waals surface area contributed by atoms with Gasteiger partial charge in [0.1, 0.15) is 17.1 Å². The van der Waals surface area contributed by atoms with Crippen LogP contribution >= 0.6 is 0 Å². The molecule has 4 aromatic rings. The van der Waals surface area contributed by atoms with Gasteiger partial charge >= 0.3 is 0 Å². The largest absolute Gasteiger partial charge is 0.494 e. The standard InChI is InChI=1S/C34H41NO3/c1-5-7-18-35(19-8-6-2)20-11-21-37-29-16-14-27(15-17-29)33(36)32-30-12-9-10-13-31(30)38-34(32)28-23-25(3)22-26(4)24-28/h9-10,12-17,22-24H,5-8,11,18-21H2,1-4H3. The lowest BCUT2D eigenvalue weighted by Crippen LogP contribution is -2.28. The normalized spacial score (nSPS) is 11.4. The van der Waals surface area contributed by atoms with Gasteiger partial charge in [0.2, 0.25) is 0 Å².